The number of sulfonamides is 1. The molecule has 0 aromatic heterocycles. The average Bonchev–Trinajstić information content (AvgIpc) is 2.48. The molecule has 0 saturated heterocycles. The Bertz CT molecular complexity index is 821. The van der Waals surface area contributed by atoms with Crippen molar-refractivity contribution in [2.45, 2.75) is 11.8 Å². The third-order valence-electron chi connectivity index (χ3n) is 2.78. The fourth-order valence-electron chi connectivity index (χ4n) is 1.63. The summed E-state index contributed by atoms with van der Waals surface area (Å²) in [5.41, 5.74) is 0.973. The summed E-state index contributed by atoms with van der Waals surface area (Å²) in [5, 5.41) is 4.82. The van der Waals surface area contributed by atoms with E-state index in [9.17, 15) is 8.42 Å². The zero-order valence-corrected chi connectivity index (χ0v) is 15.3. The molecule has 0 heterocycles. The minimum Gasteiger partial charge on any atom is -0.200 e. The Labute approximate surface area is 147 Å². The van der Waals surface area contributed by atoms with Gasteiger partial charge in [0.25, 0.3) is 10.0 Å². The molecule has 4 nitrogen and oxygen atoms in total. The molecule has 116 valence electrons. The molecule has 0 aliphatic rings. The molecule has 8 heteroatoms. The normalized spacial score (nSPS) is 12.3. The smallest absolute Gasteiger partial charge is 0.200 e. The molecule has 0 amide bonds. The van der Waals surface area contributed by atoms with E-state index in [1.54, 1.807) is 37.3 Å². The maximum Gasteiger partial charge on any atom is 0.276 e. The van der Waals surface area contributed by atoms with Crippen LogP contribution in [0.25, 0.3) is 0 Å². The molecule has 0 fully saturated rings. The number of nitrogens with zero attached hydrogens (tertiary/aromatic N) is 1. The van der Waals surface area contributed by atoms with Crippen molar-refractivity contribution in [3.8, 4) is 0 Å². The van der Waals surface area contributed by atoms with Gasteiger partial charge >= 0.3 is 0 Å². The third kappa shape index (κ3) is 4.23. The molecule has 0 saturated carbocycles. The predicted octanol–water partition coefficient (Wildman–Crippen LogP) is 4.46. The van der Waals surface area contributed by atoms with E-state index in [2.05, 4.69) is 25.9 Å². The number of hydrogen-bond acceptors (Lipinski definition) is 3. The summed E-state index contributed by atoms with van der Waals surface area (Å²) in [4.78, 5) is 2.30. The molecule has 0 bridgehead atoms. The van der Waals surface area contributed by atoms with Crippen molar-refractivity contribution in [2.75, 3.05) is 0 Å². The zero-order valence-electron chi connectivity index (χ0n) is 11.3. The van der Waals surface area contributed by atoms with Crippen LogP contribution < -0.4 is 4.83 Å². The molecule has 1 N–H and O–H groups in total. The lowest BCUT2D eigenvalue weighted by atomic mass is 10.1. The van der Waals surface area contributed by atoms with Gasteiger partial charge in [0.1, 0.15) is 0 Å². The summed E-state index contributed by atoms with van der Waals surface area (Å²) in [6, 6.07) is 11.1. The molecule has 0 aliphatic carbocycles. The van der Waals surface area contributed by atoms with Gasteiger partial charge in [0.05, 0.1) is 10.6 Å². The maximum atomic E-state index is 12.1. The Morgan fingerprint density at radius 1 is 1.14 bits per heavy atom. The fourth-order valence-corrected chi connectivity index (χ4v) is 3.18. The SMILES string of the molecule is CC(=NNS(=O)(=O)c1ccc(Br)cc1)c1cc(Cl)ccc1Cl. The fraction of sp³-hybridized carbons (Fsp3) is 0.0714. The van der Waals surface area contributed by atoms with Crippen molar-refractivity contribution in [1.82, 2.24) is 4.83 Å². The number of nitrogens with one attached hydrogen (secondary N) is 1. The lowest BCUT2D eigenvalue weighted by Gasteiger charge is -2.07. The van der Waals surface area contributed by atoms with E-state index in [1.165, 1.54) is 12.1 Å². The molecule has 0 radical (unpaired) electrons. The summed E-state index contributed by atoms with van der Waals surface area (Å²) in [7, 11) is -3.74. The molecule has 0 atom stereocenters. The van der Waals surface area contributed by atoms with Gasteiger partial charge in [0.15, 0.2) is 0 Å². The Morgan fingerprint density at radius 2 is 1.77 bits per heavy atom. The van der Waals surface area contributed by atoms with Crippen molar-refractivity contribution < 1.29 is 8.42 Å². The largest absolute Gasteiger partial charge is 0.276 e. The summed E-state index contributed by atoms with van der Waals surface area (Å²) >= 11 is 15.2. The van der Waals surface area contributed by atoms with E-state index in [0.717, 1.165) is 4.47 Å². The highest BCUT2D eigenvalue weighted by atomic mass is 79.9. The second-order valence-electron chi connectivity index (χ2n) is 4.37. The molecule has 0 unspecified atom stereocenters. The van der Waals surface area contributed by atoms with Gasteiger partial charge in [-0.15, -0.1) is 0 Å². The molecule has 0 spiro atoms. The quantitative estimate of drug-likeness (QED) is 0.585. The Hall–Kier alpha value is -1.08. The van der Waals surface area contributed by atoms with Crippen LogP contribution >= 0.6 is 39.1 Å². The Morgan fingerprint density at radius 3 is 2.41 bits per heavy atom. The monoisotopic (exact) mass is 420 g/mol. The van der Waals surface area contributed by atoms with Gasteiger partial charge in [-0.25, -0.2) is 0 Å². The van der Waals surface area contributed by atoms with Crippen LogP contribution in [0.1, 0.15) is 12.5 Å². The van der Waals surface area contributed by atoms with Crippen LogP contribution in [0, 0.1) is 0 Å². The van der Waals surface area contributed by atoms with Crippen LogP contribution in [0.2, 0.25) is 10.0 Å². The highest BCUT2D eigenvalue weighted by Gasteiger charge is 2.13. The second-order valence-corrected chi connectivity index (χ2v) is 7.79. The molecule has 2 rings (SSSR count). The number of rotatable bonds is 4. The molecule has 2 aromatic rings. The van der Waals surface area contributed by atoms with E-state index in [-0.39, 0.29) is 4.90 Å². The Balaban J connectivity index is 2.26. The second kappa shape index (κ2) is 7.00. The van der Waals surface area contributed by atoms with Crippen molar-refractivity contribution in [2.24, 2.45) is 5.10 Å². The van der Waals surface area contributed by atoms with Crippen LogP contribution in [0.15, 0.2) is 56.9 Å². The number of halogens is 3. The molecular weight excluding hydrogens is 411 g/mol. The van der Waals surface area contributed by atoms with E-state index in [4.69, 9.17) is 23.2 Å². The first-order valence-corrected chi connectivity index (χ1v) is 9.10. The molecule has 0 aliphatic heterocycles. The number of benzene rings is 2. The first kappa shape index (κ1) is 17.3. The maximum absolute atomic E-state index is 12.1. The molecule has 22 heavy (non-hydrogen) atoms. The van der Waals surface area contributed by atoms with E-state index < -0.39 is 10.0 Å². The number of hydrazone groups is 1. The van der Waals surface area contributed by atoms with Crippen molar-refractivity contribution >= 4 is 54.9 Å². The standard InChI is InChI=1S/C14H11BrCl2N2O2S/c1-9(13-8-11(16)4-7-14(13)17)18-19-22(20,21)12-5-2-10(15)3-6-12/h2-8,19H,1H3. The van der Waals surface area contributed by atoms with E-state index >= 15 is 0 Å². The van der Waals surface area contributed by atoms with Crippen LogP contribution in [0.5, 0.6) is 0 Å². The number of hydrogen-bond donors (Lipinski definition) is 1. The first-order chi connectivity index (χ1) is 10.3. The lowest BCUT2D eigenvalue weighted by Crippen LogP contribution is -2.20. The van der Waals surface area contributed by atoms with E-state index in [1.807, 2.05) is 0 Å². The van der Waals surface area contributed by atoms with Crippen molar-refractivity contribution in [3.63, 3.8) is 0 Å². The Kier molecular flexibility index (Phi) is 5.50. The van der Waals surface area contributed by atoms with Gasteiger partial charge < -0.3 is 0 Å². The summed E-state index contributed by atoms with van der Waals surface area (Å²) in [6.07, 6.45) is 0. The van der Waals surface area contributed by atoms with Gasteiger partial charge in [-0.2, -0.15) is 18.4 Å². The minimum atomic E-state index is -3.74. The van der Waals surface area contributed by atoms with Gasteiger partial charge in [0.2, 0.25) is 0 Å². The van der Waals surface area contributed by atoms with Crippen molar-refractivity contribution in [3.05, 3.63) is 62.5 Å². The third-order valence-corrected chi connectivity index (χ3v) is 5.09. The van der Waals surface area contributed by atoms with Gasteiger partial charge in [-0.1, -0.05) is 39.1 Å². The molecule has 2 aromatic carbocycles. The lowest BCUT2D eigenvalue weighted by molar-refractivity contribution is 0.584. The topological polar surface area (TPSA) is 58.5 Å². The van der Waals surface area contributed by atoms with Crippen LogP contribution in [0.4, 0.5) is 0 Å². The van der Waals surface area contributed by atoms with Crippen LogP contribution in [-0.4, -0.2) is 14.1 Å². The van der Waals surface area contributed by atoms with Gasteiger partial charge in [-0.05, 0) is 49.4 Å². The van der Waals surface area contributed by atoms with Gasteiger partial charge in [-0.3, -0.25) is 0 Å². The highest BCUT2D eigenvalue weighted by Crippen LogP contribution is 2.21. The summed E-state index contributed by atoms with van der Waals surface area (Å²) in [5.74, 6) is 0. The van der Waals surface area contributed by atoms with Crippen LogP contribution in [0.3, 0.4) is 0 Å². The average molecular weight is 422 g/mol. The highest BCUT2D eigenvalue weighted by molar-refractivity contribution is 9.10. The first-order valence-electron chi connectivity index (χ1n) is 6.07. The van der Waals surface area contributed by atoms with Gasteiger partial charge in [0, 0.05) is 20.1 Å². The summed E-state index contributed by atoms with van der Waals surface area (Å²) < 4.78 is 25.1. The van der Waals surface area contributed by atoms with Crippen LogP contribution in [-0.2, 0) is 10.0 Å². The summed E-state index contributed by atoms with van der Waals surface area (Å²) in [6.45, 7) is 1.64. The van der Waals surface area contributed by atoms with Crippen molar-refractivity contribution in [1.29, 1.82) is 0 Å². The van der Waals surface area contributed by atoms with E-state index in [0.29, 0.717) is 21.3 Å². The minimum absolute atomic E-state index is 0.115. The zero-order chi connectivity index (χ0) is 16.3. The predicted molar refractivity (Wildman–Crippen MR) is 93.1 cm³/mol. The molecular formula is C14H11BrCl2N2O2S.